The van der Waals surface area contributed by atoms with E-state index in [9.17, 15) is 8.42 Å². The Morgan fingerprint density at radius 3 is 2.14 bits per heavy atom. The van der Waals surface area contributed by atoms with Gasteiger partial charge in [-0.2, -0.15) is 8.42 Å². The molecule has 0 saturated heterocycles. The van der Waals surface area contributed by atoms with Gasteiger partial charge in [0.1, 0.15) is 5.25 Å². The molecule has 0 bridgehead atoms. The van der Waals surface area contributed by atoms with Crippen LogP contribution in [0.3, 0.4) is 0 Å². The zero-order valence-electron chi connectivity index (χ0n) is 7.79. The summed E-state index contributed by atoms with van der Waals surface area (Å²) in [6, 6.07) is 7.79. The number of hydrogen-bond donors (Lipinski definition) is 2. The minimum Gasteiger partial charge on any atom is -0.326 e. The van der Waals surface area contributed by atoms with Crippen LogP contribution < -0.4 is 5.73 Å². The molecule has 0 fully saturated rings. The number of benzene rings is 1. The summed E-state index contributed by atoms with van der Waals surface area (Å²) in [5.41, 5.74) is 6.02. The van der Waals surface area contributed by atoms with Gasteiger partial charge in [-0.3, -0.25) is 4.55 Å². The summed E-state index contributed by atoms with van der Waals surface area (Å²) >= 11 is 0. The quantitative estimate of drug-likeness (QED) is 0.736. The summed E-state index contributed by atoms with van der Waals surface area (Å²) < 4.78 is 31.1. The smallest absolute Gasteiger partial charge is 0.273 e. The molecule has 0 unspecified atom stereocenters. The van der Waals surface area contributed by atoms with Gasteiger partial charge in [-0.15, -0.1) is 0 Å². The third-order valence-corrected chi connectivity index (χ3v) is 3.27. The van der Waals surface area contributed by atoms with Gasteiger partial charge in [-0.05, 0) is 12.5 Å². The van der Waals surface area contributed by atoms with Gasteiger partial charge in [-0.1, -0.05) is 30.3 Å². The van der Waals surface area contributed by atoms with Crippen LogP contribution in [0.2, 0.25) is 0 Å². The maximum Gasteiger partial charge on any atom is 0.273 e. The third-order valence-electron chi connectivity index (χ3n) is 1.93. The molecular weight excluding hydrogens is 202 g/mol. The molecule has 3 N–H and O–H groups in total. The molecule has 0 radical (unpaired) electrons. The molecule has 4 nitrogen and oxygen atoms in total. The molecule has 14 heavy (non-hydrogen) atoms. The van der Waals surface area contributed by atoms with Crippen molar-refractivity contribution in [2.75, 3.05) is 0 Å². The Hall–Kier alpha value is -0.910. The predicted octanol–water partition coefficient (Wildman–Crippen LogP) is 0.963. The van der Waals surface area contributed by atoms with Gasteiger partial charge in [0.15, 0.2) is 0 Å². The minimum atomic E-state index is -4.14. The summed E-state index contributed by atoms with van der Waals surface area (Å²) in [6.45, 7) is 1.55. The maximum absolute atomic E-state index is 11.0. The highest BCUT2D eigenvalue weighted by Gasteiger charge is 2.28. The standard InChI is InChI=1S/C9H13NO3S/c1-7(10)9(14(11,12)13)8-5-3-2-4-6-8/h2-7,9H,10H2,1H3,(H,11,12,13)/t7-,9+/m0/s1. The average Bonchev–Trinajstić information content (AvgIpc) is 2.02. The molecule has 78 valence electrons. The molecule has 1 aromatic carbocycles. The number of nitrogens with two attached hydrogens (primary N) is 1. The topological polar surface area (TPSA) is 80.4 Å². The second-order valence-corrected chi connectivity index (χ2v) is 4.74. The summed E-state index contributed by atoms with van der Waals surface area (Å²) in [4.78, 5) is 0. The Labute approximate surface area is 83.5 Å². The van der Waals surface area contributed by atoms with E-state index in [1.165, 1.54) is 0 Å². The highest BCUT2D eigenvalue weighted by atomic mass is 32.2. The van der Waals surface area contributed by atoms with Crippen LogP contribution in [0.25, 0.3) is 0 Å². The molecule has 0 aliphatic rings. The fourth-order valence-electron chi connectivity index (χ4n) is 1.39. The molecule has 0 aromatic heterocycles. The first-order valence-electron chi connectivity index (χ1n) is 4.19. The second kappa shape index (κ2) is 4.08. The largest absolute Gasteiger partial charge is 0.326 e. The van der Waals surface area contributed by atoms with E-state index in [0.29, 0.717) is 5.56 Å². The lowest BCUT2D eigenvalue weighted by molar-refractivity contribution is 0.458. The van der Waals surface area contributed by atoms with Gasteiger partial charge in [0.25, 0.3) is 10.1 Å². The van der Waals surface area contributed by atoms with Crippen molar-refractivity contribution >= 4 is 10.1 Å². The fourth-order valence-corrected chi connectivity index (χ4v) is 2.43. The van der Waals surface area contributed by atoms with E-state index in [1.54, 1.807) is 37.3 Å². The Balaban J connectivity index is 3.15. The first-order chi connectivity index (χ1) is 6.43. The van der Waals surface area contributed by atoms with E-state index < -0.39 is 21.4 Å². The van der Waals surface area contributed by atoms with Crippen molar-refractivity contribution < 1.29 is 13.0 Å². The Morgan fingerprint density at radius 2 is 1.79 bits per heavy atom. The molecule has 1 aromatic rings. The van der Waals surface area contributed by atoms with Crippen molar-refractivity contribution in [2.45, 2.75) is 18.2 Å². The second-order valence-electron chi connectivity index (χ2n) is 3.21. The van der Waals surface area contributed by atoms with Gasteiger partial charge in [0.05, 0.1) is 0 Å². The molecule has 0 aliphatic carbocycles. The van der Waals surface area contributed by atoms with E-state index >= 15 is 0 Å². The van der Waals surface area contributed by atoms with Crippen molar-refractivity contribution in [3.05, 3.63) is 35.9 Å². The number of hydrogen-bond acceptors (Lipinski definition) is 3. The van der Waals surface area contributed by atoms with E-state index in [-0.39, 0.29) is 0 Å². The lowest BCUT2D eigenvalue weighted by atomic mass is 10.1. The number of rotatable bonds is 3. The van der Waals surface area contributed by atoms with Gasteiger partial charge in [-0.25, -0.2) is 0 Å². The first kappa shape index (κ1) is 11.2. The summed E-state index contributed by atoms with van der Waals surface area (Å²) in [6.07, 6.45) is 0. The zero-order valence-corrected chi connectivity index (χ0v) is 8.61. The SMILES string of the molecule is C[C@H](N)[C@H](c1ccccc1)S(=O)(=O)O. The van der Waals surface area contributed by atoms with Crippen LogP contribution in [-0.4, -0.2) is 19.0 Å². The van der Waals surface area contributed by atoms with Crippen LogP contribution in [0.4, 0.5) is 0 Å². The Kier molecular flexibility index (Phi) is 3.25. The Morgan fingerprint density at radius 1 is 1.29 bits per heavy atom. The first-order valence-corrected chi connectivity index (χ1v) is 5.70. The van der Waals surface area contributed by atoms with Crippen molar-refractivity contribution in [2.24, 2.45) is 5.73 Å². The van der Waals surface area contributed by atoms with Crippen molar-refractivity contribution in [3.63, 3.8) is 0 Å². The molecule has 2 atom stereocenters. The van der Waals surface area contributed by atoms with Crippen LogP contribution in [0.15, 0.2) is 30.3 Å². The summed E-state index contributed by atoms with van der Waals surface area (Å²) in [5, 5.41) is -1.05. The molecule has 0 amide bonds. The summed E-state index contributed by atoms with van der Waals surface area (Å²) in [7, 11) is -4.14. The molecule has 0 heterocycles. The van der Waals surface area contributed by atoms with Crippen LogP contribution >= 0.6 is 0 Å². The van der Waals surface area contributed by atoms with Crippen molar-refractivity contribution in [3.8, 4) is 0 Å². The highest BCUT2D eigenvalue weighted by molar-refractivity contribution is 7.86. The van der Waals surface area contributed by atoms with Crippen LogP contribution in [0.5, 0.6) is 0 Å². The van der Waals surface area contributed by atoms with E-state index in [2.05, 4.69) is 0 Å². The molecular formula is C9H13NO3S. The lowest BCUT2D eigenvalue weighted by Gasteiger charge is -2.17. The van der Waals surface area contributed by atoms with E-state index in [1.807, 2.05) is 0 Å². The average molecular weight is 215 g/mol. The zero-order chi connectivity index (χ0) is 10.8. The normalized spacial score (nSPS) is 16.2. The highest BCUT2D eigenvalue weighted by Crippen LogP contribution is 2.23. The van der Waals surface area contributed by atoms with Crippen LogP contribution in [0.1, 0.15) is 17.7 Å². The third kappa shape index (κ3) is 2.54. The molecule has 0 aliphatic heterocycles. The Bertz CT molecular complexity index is 386. The van der Waals surface area contributed by atoms with E-state index in [4.69, 9.17) is 10.3 Å². The lowest BCUT2D eigenvalue weighted by Crippen LogP contribution is -2.30. The molecule has 1 rings (SSSR count). The fraction of sp³-hybridized carbons (Fsp3) is 0.333. The van der Waals surface area contributed by atoms with Gasteiger partial charge in [0, 0.05) is 6.04 Å². The monoisotopic (exact) mass is 215 g/mol. The maximum atomic E-state index is 11.0. The molecule has 5 heteroatoms. The molecule has 0 saturated carbocycles. The summed E-state index contributed by atoms with van der Waals surface area (Å²) in [5.74, 6) is 0. The van der Waals surface area contributed by atoms with Gasteiger partial charge in [0.2, 0.25) is 0 Å². The van der Waals surface area contributed by atoms with Crippen LogP contribution in [-0.2, 0) is 10.1 Å². The van der Waals surface area contributed by atoms with Crippen molar-refractivity contribution in [1.29, 1.82) is 0 Å². The van der Waals surface area contributed by atoms with Crippen LogP contribution in [0, 0.1) is 0 Å². The predicted molar refractivity (Wildman–Crippen MR) is 54.4 cm³/mol. The molecule has 0 spiro atoms. The van der Waals surface area contributed by atoms with Gasteiger partial charge < -0.3 is 5.73 Å². The minimum absolute atomic E-state index is 0.505. The van der Waals surface area contributed by atoms with Gasteiger partial charge >= 0.3 is 0 Å². The van der Waals surface area contributed by atoms with E-state index in [0.717, 1.165) is 0 Å². The van der Waals surface area contributed by atoms with Crippen molar-refractivity contribution in [1.82, 2.24) is 0 Å².